The minimum Gasteiger partial charge on any atom is -0.408 e. The van der Waals surface area contributed by atoms with Crippen molar-refractivity contribution in [2.45, 2.75) is 32.2 Å². The van der Waals surface area contributed by atoms with Crippen LogP contribution in [0.4, 0.5) is 6.01 Å². The summed E-state index contributed by atoms with van der Waals surface area (Å²) in [7, 11) is 2.17. The van der Waals surface area contributed by atoms with E-state index in [-0.39, 0.29) is 0 Å². The number of alkyl halides is 1. The highest BCUT2D eigenvalue weighted by Crippen LogP contribution is 2.20. The molecule has 0 aromatic carbocycles. The van der Waals surface area contributed by atoms with Crippen LogP contribution in [0, 0.1) is 0 Å². The molecule has 1 atom stereocenters. The predicted molar refractivity (Wildman–Crippen MR) is 72.3 cm³/mol. The maximum absolute atomic E-state index is 5.69. The van der Waals surface area contributed by atoms with Gasteiger partial charge in [-0.05, 0) is 26.4 Å². The lowest BCUT2D eigenvalue weighted by Crippen LogP contribution is -2.40. The molecule has 5 nitrogen and oxygen atoms in total. The van der Waals surface area contributed by atoms with Crippen molar-refractivity contribution < 1.29 is 4.42 Å². The van der Waals surface area contributed by atoms with Gasteiger partial charge < -0.3 is 14.2 Å². The van der Waals surface area contributed by atoms with Gasteiger partial charge in [-0.25, -0.2) is 0 Å². The van der Waals surface area contributed by atoms with Crippen LogP contribution >= 0.6 is 11.6 Å². The van der Waals surface area contributed by atoms with Gasteiger partial charge in [-0.3, -0.25) is 0 Å². The number of rotatable bonds is 4. The maximum atomic E-state index is 5.69. The fraction of sp³-hybridized carbons (Fsp3) is 0.833. The molecule has 0 radical (unpaired) electrons. The summed E-state index contributed by atoms with van der Waals surface area (Å²) in [6, 6.07) is 1.10. The Hall–Kier alpha value is -0.810. The Bertz CT molecular complexity index is 371. The highest BCUT2D eigenvalue weighted by Gasteiger charge is 2.25. The normalized spacial score (nSPS) is 22.2. The Morgan fingerprint density at radius 1 is 1.39 bits per heavy atom. The Morgan fingerprint density at radius 2 is 2.22 bits per heavy atom. The molecule has 0 spiro atoms. The SMILES string of the molecule is CCC1CN(C)CCCN1c1nnc(CCCl)o1. The number of hydrogen-bond donors (Lipinski definition) is 0. The van der Waals surface area contributed by atoms with E-state index >= 15 is 0 Å². The van der Waals surface area contributed by atoms with Crippen LogP contribution in [0.2, 0.25) is 0 Å². The standard InChI is InChI=1S/C12H21ClN4O/c1-3-10-9-16(2)7-4-8-17(10)12-15-14-11(18-12)5-6-13/h10H,3-9H2,1-2H3. The molecule has 1 aromatic rings. The van der Waals surface area contributed by atoms with Crippen molar-refractivity contribution in [2.75, 3.05) is 37.5 Å². The third kappa shape index (κ3) is 3.14. The van der Waals surface area contributed by atoms with Crippen molar-refractivity contribution in [3.8, 4) is 0 Å². The van der Waals surface area contributed by atoms with Gasteiger partial charge in [0, 0.05) is 31.4 Å². The van der Waals surface area contributed by atoms with Gasteiger partial charge in [-0.15, -0.1) is 16.7 Å². The monoisotopic (exact) mass is 272 g/mol. The van der Waals surface area contributed by atoms with E-state index in [0.29, 0.717) is 30.2 Å². The largest absolute Gasteiger partial charge is 0.408 e. The van der Waals surface area contributed by atoms with Gasteiger partial charge in [0.15, 0.2) is 0 Å². The molecule has 0 aliphatic carbocycles. The van der Waals surface area contributed by atoms with E-state index in [4.69, 9.17) is 16.0 Å². The molecule has 18 heavy (non-hydrogen) atoms. The van der Waals surface area contributed by atoms with Crippen LogP contribution in [-0.2, 0) is 6.42 Å². The summed E-state index contributed by atoms with van der Waals surface area (Å²) >= 11 is 5.68. The highest BCUT2D eigenvalue weighted by atomic mass is 35.5. The minimum atomic E-state index is 0.446. The molecule has 6 heteroatoms. The van der Waals surface area contributed by atoms with Crippen molar-refractivity contribution in [3.63, 3.8) is 0 Å². The topological polar surface area (TPSA) is 45.4 Å². The van der Waals surface area contributed by atoms with Gasteiger partial charge in [0.05, 0.1) is 0 Å². The van der Waals surface area contributed by atoms with Gasteiger partial charge in [-0.1, -0.05) is 12.0 Å². The van der Waals surface area contributed by atoms with Crippen LogP contribution in [0.1, 0.15) is 25.7 Å². The molecule has 1 aliphatic heterocycles. The first-order valence-corrected chi connectivity index (χ1v) is 7.11. The lowest BCUT2D eigenvalue weighted by atomic mass is 10.2. The summed E-state index contributed by atoms with van der Waals surface area (Å²) in [4.78, 5) is 4.61. The summed E-state index contributed by atoms with van der Waals surface area (Å²) < 4.78 is 5.69. The molecule has 0 amide bonds. The fourth-order valence-electron chi connectivity index (χ4n) is 2.39. The average Bonchev–Trinajstić information content (AvgIpc) is 2.72. The van der Waals surface area contributed by atoms with Crippen LogP contribution in [-0.4, -0.2) is 53.7 Å². The number of hydrogen-bond acceptors (Lipinski definition) is 5. The number of nitrogens with zero attached hydrogens (tertiary/aromatic N) is 4. The Balaban J connectivity index is 2.12. The molecule has 0 bridgehead atoms. The summed E-state index contributed by atoms with van der Waals surface area (Å²) in [6.07, 6.45) is 2.84. The van der Waals surface area contributed by atoms with Crippen molar-refractivity contribution in [1.82, 2.24) is 15.1 Å². The van der Waals surface area contributed by atoms with Crippen LogP contribution < -0.4 is 4.90 Å². The molecule has 2 rings (SSSR count). The van der Waals surface area contributed by atoms with Crippen molar-refractivity contribution in [1.29, 1.82) is 0 Å². The summed E-state index contributed by atoms with van der Waals surface area (Å²) in [5.41, 5.74) is 0. The lowest BCUT2D eigenvalue weighted by Gasteiger charge is -2.28. The quantitative estimate of drug-likeness (QED) is 0.782. The summed E-state index contributed by atoms with van der Waals surface area (Å²) in [5, 5.41) is 8.20. The number of anilines is 1. The number of aromatic nitrogens is 2. The average molecular weight is 273 g/mol. The minimum absolute atomic E-state index is 0.446. The zero-order chi connectivity index (χ0) is 13.0. The molecule has 0 N–H and O–H groups in total. The molecular formula is C12H21ClN4O. The highest BCUT2D eigenvalue weighted by molar-refractivity contribution is 6.17. The van der Waals surface area contributed by atoms with Crippen LogP contribution in [0.3, 0.4) is 0 Å². The Kier molecular flexibility index (Phi) is 4.83. The first-order chi connectivity index (χ1) is 8.74. The van der Waals surface area contributed by atoms with E-state index in [9.17, 15) is 0 Å². The van der Waals surface area contributed by atoms with E-state index in [1.54, 1.807) is 0 Å². The molecule has 2 heterocycles. The third-order valence-electron chi connectivity index (χ3n) is 3.38. The second-order valence-electron chi connectivity index (χ2n) is 4.79. The van der Waals surface area contributed by atoms with Crippen molar-refractivity contribution in [3.05, 3.63) is 5.89 Å². The lowest BCUT2D eigenvalue weighted by molar-refractivity contribution is 0.325. The summed E-state index contributed by atoms with van der Waals surface area (Å²) in [6.45, 7) is 5.34. The molecule has 1 aromatic heterocycles. The molecular weight excluding hydrogens is 252 g/mol. The number of halogens is 1. The van der Waals surface area contributed by atoms with Crippen molar-refractivity contribution >= 4 is 17.6 Å². The fourth-order valence-corrected chi connectivity index (χ4v) is 2.55. The van der Waals surface area contributed by atoms with Gasteiger partial charge in [0.25, 0.3) is 0 Å². The van der Waals surface area contributed by atoms with Gasteiger partial charge >= 0.3 is 6.01 Å². The summed E-state index contributed by atoms with van der Waals surface area (Å²) in [5.74, 6) is 1.15. The predicted octanol–water partition coefficient (Wildman–Crippen LogP) is 1.77. The number of aryl methyl sites for hydroxylation is 1. The second-order valence-corrected chi connectivity index (χ2v) is 5.17. The van der Waals surface area contributed by atoms with E-state index in [2.05, 4.69) is 34.0 Å². The number of likely N-dealkylation sites (N-methyl/N-ethyl adjacent to an activating group) is 1. The Labute approximate surface area is 113 Å². The van der Waals surface area contributed by atoms with Gasteiger partial charge in [0.1, 0.15) is 0 Å². The molecule has 1 aliphatic rings. The van der Waals surface area contributed by atoms with Gasteiger partial charge in [0.2, 0.25) is 5.89 Å². The molecule has 0 saturated carbocycles. The zero-order valence-electron chi connectivity index (χ0n) is 11.1. The van der Waals surface area contributed by atoms with Crippen LogP contribution in [0.15, 0.2) is 4.42 Å². The first kappa shape index (κ1) is 13.6. The van der Waals surface area contributed by atoms with E-state index < -0.39 is 0 Å². The van der Waals surface area contributed by atoms with Crippen LogP contribution in [0.25, 0.3) is 0 Å². The smallest absolute Gasteiger partial charge is 0.318 e. The second kappa shape index (κ2) is 6.38. The Morgan fingerprint density at radius 3 is 2.94 bits per heavy atom. The molecule has 102 valence electrons. The van der Waals surface area contributed by atoms with Gasteiger partial charge in [-0.2, -0.15) is 0 Å². The van der Waals surface area contributed by atoms with Crippen molar-refractivity contribution in [2.24, 2.45) is 0 Å². The van der Waals surface area contributed by atoms with E-state index in [1.807, 2.05) is 0 Å². The van der Waals surface area contributed by atoms with E-state index in [0.717, 1.165) is 32.5 Å². The molecule has 1 unspecified atom stereocenters. The molecule has 1 fully saturated rings. The zero-order valence-corrected chi connectivity index (χ0v) is 11.9. The third-order valence-corrected chi connectivity index (χ3v) is 3.57. The maximum Gasteiger partial charge on any atom is 0.318 e. The van der Waals surface area contributed by atoms with Crippen LogP contribution in [0.5, 0.6) is 0 Å². The first-order valence-electron chi connectivity index (χ1n) is 6.58. The molecule has 1 saturated heterocycles. The van der Waals surface area contributed by atoms with E-state index in [1.165, 1.54) is 0 Å².